The second-order valence-corrected chi connectivity index (χ2v) is 2.88. The molecule has 0 aliphatic heterocycles. The van der Waals surface area contributed by atoms with E-state index in [1.165, 1.54) is 4.91 Å². The van der Waals surface area contributed by atoms with E-state index in [0.717, 1.165) is 6.42 Å². The molecule has 0 aromatic rings. The number of hydrogen-bond acceptors (Lipinski definition) is 1. The van der Waals surface area contributed by atoms with Crippen LogP contribution in [0.2, 0.25) is 0 Å². The van der Waals surface area contributed by atoms with E-state index in [1.807, 2.05) is 6.92 Å². The molecule has 0 saturated heterocycles. The minimum atomic E-state index is 1.07. The Kier molecular flexibility index (Phi) is 5.85. The lowest BCUT2D eigenvalue weighted by Crippen LogP contribution is -1.63. The third-order valence-corrected chi connectivity index (χ3v) is 1.91. The van der Waals surface area contributed by atoms with Crippen LogP contribution in [0.4, 0.5) is 0 Å². The van der Waals surface area contributed by atoms with Gasteiger partial charge in [0.1, 0.15) is 0 Å². The summed E-state index contributed by atoms with van der Waals surface area (Å²) in [5.74, 6) is 0. The molecule has 0 fully saturated rings. The van der Waals surface area contributed by atoms with Gasteiger partial charge in [-0.2, -0.15) is 0 Å². The molecule has 1 heteroatoms. The van der Waals surface area contributed by atoms with Crippen LogP contribution in [0.3, 0.4) is 0 Å². The zero-order chi connectivity index (χ0) is 7.11. The van der Waals surface area contributed by atoms with Gasteiger partial charge < -0.3 is 0 Å². The van der Waals surface area contributed by atoms with Gasteiger partial charge in [0.25, 0.3) is 0 Å². The Balaban J connectivity index is 3.43. The van der Waals surface area contributed by atoms with E-state index in [1.54, 1.807) is 11.8 Å². The van der Waals surface area contributed by atoms with Gasteiger partial charge in [-0.3, -0.25) is 0 Å². The second-order valence-electron chi connectivity index (χ2n) is 1.82. The molecule has 0 unspecified atom stereocenters. The fourth-order valence-electron chi connectivity index (χ4n) is 0.453. The van der Waals surface area contributed by atoms with Crippen LogP contribution in [-0.4, -0.2) is 6.26 Å². The summed E-state index contributed by atoms with van der Waals surface area (Å²) in [7, 11) is 0. The van der Waals surface area contributed by atoms with Crippen molar-refractivity contribution in [2.45, 2.75) is 20.3 Å². The SMILES string of the molecule is C/C=C\C/C=C(\C)SC. The standard InChI is InChI=1S/C8H14S/c1-4-5-6-7-8(2)9-3/h4-5,7H,6H2,1-3H3/b5-4-,8-7+. The Hall–Kier alpha value is -0.170. The Morgan fingerprint density at radius 3 is 2.67 bits per heavy atom. The van der Waals surface area contributed by atoms with Crippen molar-refractivity contribution < 1.29 is 0 Å². The number of rotatable bonds is 3. The topological polar surface area (TPSA) is 0 Å². The maximum atomic E-state index is 2.23. The maximum Gasteiger partial charge on any atom is -0.0140 e. The second kappa shape index (κ2) is 5.96. The van der Waals surface area contributed by atoms with E-state index in [2.05, 4.69) is 31.4 Å². The average Bonchev–Trinajstić information content (AvgIpc) is 1.89. The highest BCUT2D eigenvalue weighted by atomic mass is 32.2. The minimum Gasteiger partial charge on any atom is -0.135 e. The monoisotopic (exact) mass is 142 g/mol. The number of thioether (sulfide) groups is 1. The molecule has 0 atom stereocenters. The minimum absolute atomic E-state index is 1.07. The molecule has 0 N–H and O–H groups in total. The summed E-state index contributed by atoms with van der Waals surface area (Å²) >= 11 is 1.80. The van der Waals surface area contributed by atoms with Crippen LogP contribution in [-0.2, 0) is 0 Å². The first-order chi connectivity index (χ1) is 4.31. The van der Waals surface area contributed by atoms with Crippen molar-refractivity contribution >= 4 is 11.8 Å². The summed E-state index contributed by atoms with van der Waals surface area (Å²) in [4.78, 5) is 1.40. The van der Waals surface area contributed by atoms with Gasteiger partial charge in [0, 0.05) is 0 Å². The van der Waals surface area contributed by atoms with E-state index in [-0.39, 0.29) is 0 Å². The van der Waals surface area contributed by atoms with Crippen LogP contribution in [0.15, 0.2) is 23.1 Å². The van der Waals surface area contributed by atoms with E-state index >= 15 is 0 Å². The first kappa shape index (κ1) is 8.83. The summed E-state index contributed by atoms with van der Waals surface area (Å²) in [6, 6.07) is 0. The lowest BCUT2D eigenvalue weighted by atomic mass is 10.3. The smallest absolute Gasteiger partial charge is 0.0140 e. The molecule has 9 heavy (non-hydrogen) atoms. The molecule has 0 spiro atoms. The molecule has 0 nitrogen and oxygen atoms in total. The molecule has 0 aliphatic rings. The van der Waals surface area contributed by atoms with E-state index in [4.69, 9.17) is 0 Å². The van der Waals surface area contributed by atoms with Crippen LogP contribution in [0.1, 0.15) is 20.3 Å². The first-order valence-electron chi connectivity index (χ1n) is 3.13. The van der Waals surface area contributed by atoms with Gasteiger partial charge >= 0.3 is 0 Å². The highest BCUT2D eigenvalue weighted by Gasteiger charge is 1.79. The van der Waals surface area contributed by atoms with Crippen LogP contribution in [0.25, 0.3) is 0 Å². The highest BCUT2D eigenvalue weighted by Crippen LogP contribution is 2.09. The Labute approximate surface area is 62.0 Å². The average molecular weight is 142 g/mol. The molecule has 0 heterocycles. The van der Waals surface area contributed by atoms with Crippen molar-refractivity contribution in [1.29, 1.82) is 0 Å². The predicted molar refractivity (Wildman–Crippen MR) is 46.7 cm³/mol. The fraction of sp³-hybridized carbons (Fsp3) is 0.500. The molecule has 0 aliphatic carbocycles. The van der Waals surface area contributed by atoms with Crippen molar-refractivity contribution in [3.8, 4) is 0 Å². The predicted octanol–water partition coefficient (Wildman–Crippen LogP) is 3.22. The molecule has 0 bridgehead atoms. The number of hydrogen-bond donors (Lipinski definition) is 0. The van der Waals surface area contributed by atoms with E-state index in [9.17, 15) is 0 Å². The van der Waals surface area contributed by atoms with Gasteiger partial charge in [0.15, 0.2) is 0 Å². The van der Waals surface area contributed by atoms with Gasteiger partial charge in [0.2, 0.25) is 0 Å². The lowest BCUT2D eigenvalue weighted by molar-refractivity contribution is 1.35. The Morgan fingerprint density at radius 2 is 2.22 bits per heavy atom. The molecule has 0 radical (unpaired) electrons. The van der Waals surface area contributed by atoms with Crippen LogP contribution >= 0.6 is 11.8 Å². The van der Waals surface area contributed by atoms with Crippen molar-refractivity contribution in [3.05, 3.63) is 23.1 Å². The van der Waals surface area contributed by atoms with E-state index < -0.39 is 0 Å². The van der Waals surface area contributed by atoms with Crippen LogP contribution < -0.4 is 0 Å². The Bertz CT molecular complexity index is 112. The summed E-state index contributed by atoms with van der Waals surface area (Å²) < 4.78 is 0. The van der Waals surface area contributed by atoms with Gasteiger partial charge in [0.05, 0.1) is 0 Å². The van der Waals surface area contributed by atoms with Crippen molar-refractivity contribution in [1.82, 2.24) is 0 Å². The lowest BCUT2D eigenvalue weighted by Gasteiger charge is -1.89. The molecule has 0 saturated carbocycles. The van der Waals surface area contributed by atoms with Crippen molar-refractivity contribution in [2.24, 2.45) is 0 Å². The highest BCUT2D eigenvalue weighted by molar-refractivity contribution is 8.02. The summed E-state index contributed by atoms with van der Waals surface area (Å²) in [6.07, 6.45) is 9.62. The van der Waals surface area contributed by atoms with Gasteiger partial charge in [-0.05, 0) is 31.4 Å². The van der Waals surface area contributed by atoms with Crippen LogP contribution in [0.5, 0.6) is 0 Å². The van der Waals surface area contributed by atoms with Crippen molar-refractivity contribution in [2.75, 3.05) is 6.26 Å². The Morgan fingerprint density at radius 1 is 1.56 bits per heavy atom. The molecule has 52 valence electrons. The summed E-state index contributed by atoms with van der Waals surface area (Å²) in [5, 5.41) is 0. The maximum absolute atomic E-state index is 2.23. The van der Waals surface area contributed by atoms with Gasteiger partial charge in [-0.1, -0.05) is 18.2 Å². The van der Waals surface area contributed by atoms with Crippen molar-refractivity contribution in [3.63, 3.8) is 0 Å². The third-order valence-electron chi connectivity index (χ3n) is 1.10. The molecule has 0 aromatic carbocycles. The normalized spacial score (nSPS) is 13.0. The quantitative estimate of drug-likeness (QED) is 0.545. The van der Waals surface area contributed by atoms with Gasteiger partial charge in [-0.25, -0.2) is 0 Å². The molecule has 0 aromatic heterocycles. The molecule has 0 rings (SSSR count). The largest absolute Gasteiger partial charge is 0.135 e. The fourth-order valence-corrected chi connectivity index (χ4v) is 0.716. The van der Waals surface area contributed by atoms with E-state index in [0.29, 0.717) is 0 Å². The first-order valence-corrected chi connectivity index (χ1v) is 4.35. The van der Waals surface area contributed by atoms with Gasteiger partial charge in [-0.15, -0.1) is 11.8 Å². The zero-order valence-electron chi connectivity index (χ0n) is 6.35. The third kappa shape index (κ3) is 5.71. The summed E-state index contributed by atoms with van der Waals surface area (Å²) in [6.45, 7) is 4.18. The molecular weight excluding hydrogens is 128 g/mol. The number of allylic oxidation sites excluding steroid dienone is 4. The zero-order valence-corrected chi connectivity index (χ0v) is 7.16. The summed E-state index contributed by atoms with van der Waals surface area (Å²) in [5.41, 5.74) is 0. The molecular formula is C8H14S. The molecule has 0 amide bonds. The van der Waals surface area contributed by atoms with Crippen LogP contribution in [0, 0.1) is 0 Å².